The van der Waals surface area contributed by atoms with Gasteiger partial charge in [0.05, 0.1) is 12.9 Å². The second-order valence-corrected chi connectivity index (χ2v) is 7.38. The van der Waals surface area contributed by atoms with E-state index >= 15 is 0 Å². The SMILES string of the molecule is CCNC(=O)/C=C(\C)c1cc2c(-c3ccc(C)cc3C)coc2c(C)c1OCC. The minimum absolute atomic E-state index is 0.105. The number of benzene rings is 2. The predicted octanol–water partition coefficient (Wildman–Crippen LogP) is 5.96. The second-order valence-electron chi connectivity index (χ2n) is 7.38. The Hall–Kier alpha value is -3.01. The van der Waals surface area contributed by atoms with E-state index in [9.17, 15) is 4.79 Å². The zero-order valence-corrected chi connectivity index (χ0v) is 18.1. The lowest BCUT2D eigenvalue weighted by Crippen LogP contribution is -2.20. The Kier molecular flexibility index (Phi) is 6.12. The molecule has 2 aromatic carbocycles. The summed E-state index contributed by atoms with van der Waals surface area (Å²) < 4.78 is 11.9. The summed E-state index contributed by atoms with van der Waals surface area (Å²) in [5.41, 5.74) is 8.17. The van der Waals surface area contributed by atoms with E-state index < -0.39 is 0 Å². The van der Waals surface area contributed by atoms with Gasteiger partial charge in [0.25, 0.3) is 0 Å². The zero-order valence-electron chi connectivity index (χ0n) is 18.1. The molecule has 152 valence electrons. The standard InChI is InChI=1S/C25H29NO3/c1-7-26-23(27)12-17(5)20-13-21-22(19-10-9-15(3)11-16(19)4)14-29-25(21)18(6)24(20)28-8-2/h9-14H,7-8H2,1-6H3,(H,26,27)/b17-12+. The molecule has 1 amide bonds. The van der Waals surface area contributed by atoms with E-state index in [1.165, 1.54) is 11.1 Å². The third-order valence-electron chi connectivity index (χ3n) is 5.13. The van der Waals surface area contributed by atoms with Crippen LogP contribution in [0.5, 0.6) is 5.75 Å². The van der Waals surface area contributed by atoms with Gasteiger partial charge in [-0.1, -0.05) is 23.8 Å². The summed E-state index contributed by atoms with van der Waals surface area (Å²) in [6.07, 6.45) is 3.45. The Morgan fingerprint density at radius 2 is 1.90 bits per heavy atom. The Balaban J connectivity index is 2.25. The first-order valence-electron chi connectivity index (χ1n) is 10.1. The van der Waals surface area contributed by atoms with Gasteiger partial charge in [-0.05, 0) is 64.3 Å². The molecular weight excluding hydrogens is 362 g/mol. The van der Waals surface area contributed by atoms with Gasteiger partial charge in [0.2, 0.25) is 5.91 Å². The largest absolute Gasteiger partial charge is 0.493 e. The number of fused-ring (bicyclic) bond motifs is 1. The lowest BCUT2D eigenvalue weighted by atomic mass is 9.94. The van der Waals surface area contributed by atoms with Crippen molar-refractivity contribution in [2.75, 3.05) is 13.2 Å². The monoisotopic (exact) mass is 391 g/mol. The molecule has 1 N–H and O–H groups in total. The van der Waals surface area contributed by atoms with Crippen LogP contribution in [0.15, 0.2) is 41.0 Å². The first-order chi connectivity index (χ1) is 13.9. The maximum absolute atomic E-state index is 12.1. The van der Waals surface area contributed by atoms with Gasteiger partial charge in [-0.2, -0.15) is 0 Å². The Labute approximate surface area is 172 Å². The van der Waals surface area contributed by atoms with E-state index in [0.717, 1.165) is 44.5 Å². The molecule has 0 bridgehead atoms. The van der Waals surface area contributed by atoms with Crippen molar-refractivity contribution >= 4 is 22.4 Å². The molecule has 0 atom stereocenters. The number of allylic oxidation sites excluding steroid dienone is 1. The summed E-state index contributed by atoms with van der Waals surface area (Å²) in [5.74, 6) is 0.659. The average Bonchev–Trinajstić information content (AvgIpc) is 3.08. The molecule has 4 heteroatoms. The lowest BCUT2D eigenvalue weighted by Gasteiger charge is -2.15. The summed E-state index contributed by atoms with van der Waals surface area (Å²) in [6, 6.07) is 8.51. The maximum atomic E-state index is 12.1. The quantitative estimate of drug-likeness (QED) is 0.527. The number of hydrogen-bond donors (Lipinski definition) is 1. The number of rotatable bonds is 6. The van der Waals surface area contributed by atoms with Gasteiger partial charge in [-0.15, -0.1) is 0 Å². The van der Waals surface area contributed by atoms with E-state index in [0.29, 0.717) is 13.2 Å². The topological polar surface area (TPSA) is 51.5 Å². The summed E-state index contributed by atoms with van der Waals surface area (Å²) in [5, 5.41) is 3.84. The van der Waals surface area contributed by atoms with Gasteiger partial charge in [0, 0.05) is 34.7 Å². The molecule has 0 saturated heterocycles. The summed E-state index contributed by atoms with van der Waals surface area (Å²) >= 11 is 0. The van der Waals surface area contributed by atoms with Crippen molar-refractivity contribution < 1.29 is 13.9 Å². The van der Waals surface area contributed by atoms with Crippen molar-refractivity contribution in [2.45, 2.75) is 41.5 Å². The number of furan rings is 1. The van der Waals surface area contributed by atoms with Crippen LogP contribution in [-0.2, 0) is 4.79 Å². The third-order valence-corrected chi connectivity index (χ3v) is 5.13. The second kappa shape index (κ2) is 8.56. The van der Waals surface area contributed by atoms with E-state index in [1.807, 2.05) is 34.0 Å². The number of likely N-dealkylation sites (N-methyl/N-ethyl adjacent to an activating group) is 1. The number of hydrogen-bond acceptors (Lipinski definition) is 3. The van der Waals surface area contributed by atoms with Crippen LogP contribution in [0.1, 0.15) is 43.0 Å². The highest BCUT2D eigenvalue weighted by molar-refractivity contribution is 6.02. The normalized spacial score (nSPS) is 11.7. The van der Waals surface area contributed by atoms with Gasteiger partial charge in [-0.25, -0.2) is 0 Å². The van der Waals surface area contributed by atoms with Gasteiger partial charge in [0.15, 0.2) is 0 Å². The van der Waals surface area contributed by atoms with Gasteiger partial charge in [-0.3, -0.25) is 4.79 Å². The Morgan fingerprint density at radius 3 is 2.55 bits per heavy atom. The molecule has 3 rings (SSSR count). The molecule has 0 aliphatic carbocycles. The van der Waals surface area contributed by atoms with Gasteiger partial charge < -0.3 is 14.5 Å². The van der Waals surface area contributed by atoms with Crippen LogP contribution < -0.4 is 10.1 Å². The number of ether oxygens (including phenoxy) is 1. The molecule has 0 aliphatic rings. The summed E-state index contributed by atoms with van der Waals surface area (Å²) in [6.45, 7) is 13.2. The van der Waals surface area contributed by atoms with Crippen LogP contribution in [0.4, 0.5) is 0 Å². The number of aryl methyl sites for hydroxylation is 3. The van der Waals surface area contributed by atoms with Crippen molar-refractivity contribution in [3.8, 4) is 16.9 Å². The average molecular weight is 392 g/mol. The first kappa shape index (κ1) is 20.7. The molecule has 4 nitrogen and oxygen atoms in total. The van der Waals surface area contributed by atoms with Gasteiger partial charge >= 0.3 is 0 Å². The Bertz CT molecular complexity index is 1090. The minimum Gasteiger partial charge on any atom is -0.493 e. The van der Waals surface area contributed by atoms with Crippen LogP contribution in [-0.4, -0.2) is 19.1 Å². The van der Waals surface area contributed by atoms with Crippen LogP contribution >= 0.6 is 0 Å². The van der Waals surface area contributed by atoms with Crippen molar-refractivity contribution in [1.82, 2.24) is 5.32 Å². The Morgan fingerprint density at radius 1 is 1.14 bits per heavy atom. The van der Waals surface area contributed by atoms with E-state index in [4.69, 9.17) is 9.15 Å². The molecule has 3 aromatic rings. The molecule has 0 aliphatic heterocycles. The fourth-order valence-corrected chi connectivity index (χ4v) is 3.76. The third kappa shape index (κ3) is 4.07. The number of carbonyl (C=O) groups excluding carboxylic acids is 1. The van der Waals surface area contributed by atoms with Crippen LogP contribution in [0.25, 0.3) is 27.7 Å². The maximum Gasteiger partial charge on any atom is 0.244 e. The fraction of sp³-hybridized carbons (Fsp3) is 0.320. The highest BCUT2D eigenvalue weighted by atomic mass is 16.5. The molecule has 0 unspecified atom stereocenters. The number of amides is 1. The fourth-order valence-electron chi connectivity index (χ4n) is 3.76. The van der Waals surface area contributed by atoms with E-state index in [-0.39, 0.29) is 5.91 Å². The zero-order chi connectivity index (χ0) is 21.1. The van der Waals surface area contributed by atoms with Crippen LogP contribution in [0.2, 0.25) is 0 Å². The van der Waals surface area contributed by atoms with Gasteiger partial charge in [0.1, 0.15) is 11.3 Å². The van der Waals surface area contributed by atoms with Crippen molar-refractivity contribution in [3.63, 3.8) is 0 Å². The summed E-state index contributed by atoms with van der Waals surface area (Å²) in [4.78, 5) is 12.1. The molecule has 29 heavy (non-hydrogen) atoms. The molecular formula is C25H29NO3. The van der Waals surface area contributed by atoms with Crippen molar-refractivity contribution in [3.05, 3.63) is 58.9 Å². The van der Waals surface area contributed by atoms with E-state index in [1.54, 1.807) is 6.08 Å². The highest BCUT2D eigenvalue weighted by Gasteiger charge is 2.19. The number of carbonyl (C=O) groups is 1. The number of nitrogens with one attached hydrogen (secondary N) is 1. The smallest absolute Gasteiger partial charge is 0.244 e. The molecule has 1 aromatic heterocycles. The summed E-state index contributed by atoms with van der Waals surface area (Å²) in [7, 11) is 0. The minimum atomic E-state index is -0.105. The molecule has 0 saturated carbocycles. The molecule has 0 spiro atoms. The van der Waals surface area contributed by atoms with Crippen LogP contribution in [0.3, 0.4) is 0 Å². The predicted molar refractivity (Wildman–Crippen MR) is 119 cm³/mol. The lowest BCUT2D eigenvalue weighted by molar-refractivity contribution is -0.116. The van der Waals surface area contributed by atoms with E-state index in [2.05, 4.69) is 43.4 Å². The van der Waals surface area contributed by atoms with Crippen molar-refractivity contribution in [2.24, 2.45) is 0 Å². The molecule has 1 heterocycles. The first-order valence-corrected chi connectivity index (χ1v) is 10.1. The molecule has 0 radical (unpaired) electrons. The van der Waals surface area contributed by atoms with Crippen LogP contribution in [0, 0.1) is 20.8 Å². The van der Waals surface area contributed by atoms with Crippen molar-refractivity contribution in [1.29, 1.82) is 0 Å². The highest BCUT2D eigenvalue weighted by Crippen LogP contribution is 2.41. The molecule has 0 fully saturated rings.